The third kappa shape index (κ3) is 2.18. The summed E-state index contributed by atoms with van der Waals surface area (Å²) < 4.78 is 0. The Hall–Kier alpha value is -1.61. The van der Waals surface area contributed by atoms with Crippen LogP contribution in [0.4, 0.5) is 0 Å². The van der Waals surface area contributed by atoms with E-state index in [1.807, 2.05) is 0 Å². The predicted molar refractivity (Wildman–Crippen MR) is 75.5 cm³/mol. The number of nitrogens with zero attached hydrogens (tertiary/aromatic N) is 1. The number of rotatable bonds is 3. The van der Waals surface area contributed by atoms with Gasteiger partial charge in [-0.3, -0.25) is 5.10 Å². The van der Waals surface area contributed by atoms with E-state index in [1.54, 1.807) is 0 Å². The first-order valence-corrected chi connectivity index (χ1v) is 6.39. The molecule has 1 aromatic carbocycles. The fourth-order valence-corrected chi connectivity index (χ4v) is 2.15. The second-order valence-electron chi connectivity index (χ2n) is 5.11. The van der Waals surface area contributed by atoms with Gasteiger partial charge in [0.15, 0.2) is 0 Å². The van der Waals surface area contributed by atoms with Crippen molar-refractivity contribution in [3.05, 3.63) is 40.6 Å². The highest BCUT2D eigenvalue weighted by molar-refractivity contribution is 5.68. The van der Waals surface area contributed by atoms with Gasteiger partial charge >= 0.3 is 0 Å². The topological polar surface area (TPSA) is 54.7 Å². The van der Waals surface area contributed by atoms with Crippen molar-refractivity contribution in [2.45, 2.75) is 40.2 Å². The zero-order chi connectivity index (χ0) is 13.3. The van der Waals surface area contributed by atoms with Gasteiger partial charge in [-0.1, -0.05) is 26.0 Å². The Balaban J connectivity index is 2.55. The highest BCUT2D eigenvalue weighted by Gasteiger charge is 2.13. The summed E-state index contributed by atoms with van der Waals surface area (Å²) >= 11 is 0. The zero-order valence-corrected chi connectivity index (χ0v) is 11.5. The van der Waals surface area contributed by atoms with Crippen LogP contribution in [0.15, 0.2) is 18.2 Å². The highest BCUT2D eigenvalue weighted by Crippen LogP contribution is 2.29. The Morgan fingerprint density at radius 3 is 2.56 bits per heavy atom. The molecule has 0 bridgehead atoms. The van der Waals surface area contributed by atoms with Gasteiger partial charge in [-0.05, 0) is 42.5 Å². The summed E-state index contributed by atoms with van der Waals surface area (Å²) in [7, 11) is 0. The predicted octanol–water partition coefficient (Wildman–Crippen LogP) is 3.28. The molecular weight excluding hydrogens is 222 g/mol. The van der Waals surface area contributed by atoms with Gasteiger partial charge in [0.25, 0.3) is 0 Å². The molecule has 1 aromatic heterocycles. The second-order valence-corrected chi connectivity index (χ2v) is 5.11. The van der Waals surface area contributed by atoms with Crippen LogP contribution >= 0.6 is 0 Å². The molecule has 2 aromatic rings. The summed E-state index contributed by atoms with van der Waals surface area (Å²) in [6.45, 7) is 9.11. The molecule has 0 aliphatic heterocycles. The van der Waals surface area contributed by atoms with Crippen LogP contribution in [0.2, 0.25) is 0 Å². The third-order valence-electron chi connectivity index (χ3n) is 3.50. The van der Waals surface area contributed by atoms with E-state index in [9.17, 15) is 0 Å². The molecule has 0 aliphatic carbocycles. The lowest BCUT2D eigenvalue weighted by Gasteiger charge is -2.10. The van der Waals surface area contributed by atoms with E-state index in [-0.39, 0.29) is 0 Å². The zero-order valence-electron chi connectivity index (χ0n) is 11.5. The van der Waals surface area contributed by atoms with Crippen LogP contribution in [0.3, 0.4) is 0 Å². The van der Waals surface area contributed by atoms with Gasteiger partial charge in [-0.2, -0.15) is 5.10 Å². The van der Waals surface area contributed by atoms with E-state index >= 15 is 0 Å². The fourth-order valence-electron chi connectivity index (χ4n) is 2.15. The molecule has 0 aliphatic rings. The van der Waals surface area contributed by atoms with E-state index in [1.165, 1.54) is 16.7 Å². The molecule has 0 saturated heterocycles. The SMILES string of the molecule is Cc1ccc(C(C)C)cc1-c1n[nH]c(CN)c1C. The van der Waals surface area contributed by atoms with Crippen molar-refractivity contribution in [3.63, 3.8) is 0 Å². The van der Waals surface area contributed by atoms with Crippen LogP contribution in [0, 0.1) is 13.8 Å². The van der Waals surface area contributed by atoms with E-state index in [0.29, 0.717) is 12.5 Å². The number of H-pyrrole nitrogens is 1. The normalized spacial score (nSPS) is 11.2. The number of hydrogen-bond acceptors (Lipinski definition) is 2. The van der Waals surface area contributed by atoms with E-state index < -0.39 is 0 Å². The molecule has 0 spiro atoms. The maximum atomic E-state index is 5.69. The lowest BCUT2D eigenvalue weighted by molar-refractivity contribution is 0.866. The molecular formula is C15H21N3. The standard InChI is InChI=1S/C15H21N3/c1-9(2)12-6-5-10(3)13(7-12)15-11(4)14(8-16)17-18-15/h5-7,9H,8,16H2,1-4H3,(H,17,18). The van der Waals surface area contributed by atoms with Gasteiger partial charge in [-0.15, -0.1) is 0 Å². The fraction of sp³-hybridized carbons (Fsp3) is 0.400. The molecule has 0 radical (unpaired) electrons. The molecule has 1 heterocycles. The molecule has 0 saturated carbocycles. The number of benzene rings is 1. The Morgan fingerprint density at radius 2 is 2.00 bits per heavy atom. The first kappa shape index (κ1) is 12.8. The molecule has 0 unspecified atom stereocenters. The molecule has 96 valence electrons. The summed E-state index contributed by atoms with van der Waals surface area (Å²) in [5, 5.41) is 7.44. The Kier molecular flexibility index (Phi) is 3.53. The van der Waals surface area contributed by atoms with Gasteiger partial charge in [0, 0.05) is 12.1 Å². The number of aromatic amines is 1. The molecule has 0 amide bonds. The smallest absolute Gasteiger partial charge is 0.0955 e. The first-order chi connectivity index (χ1) is 8.54. The van der Waals surface area contributed by atoms with Crippen LogP contribution in [0.25, 0.3) is 11.3 Å². The lowest BCUT2D eigenvalue weighted by Crippen LogP contribution is -1.98. The average Bonchev–Trinajstić information content (AvgIpc) is 2.70. The quantitative estimate of drug-likeness (QED) is 0.869. The van der Waals surface area contributed by atoms with Crippen molar-refractivity contribution in [3.8, 4) is 11.3 Å². The molecule has 3 heteroatoms. The molecule has 2 rings (SSSR count). The van der Waals surface area contributed by atoms with Crippen molar-refractivity contribution >= 4 is 0 Å². The van der Waals surface area contributed by atoms with Gasteiger partial charge < -0.3 is 5.73 Å². The van der Waals surface area contributed by atoms with Crippen LogP contribution in [0.1, 0.15) is 42.1 Å². The van der Waals surface area contributed by atoms with Crippen molar-refractivity contribution in [1.82, 2.24) is 10.2 Å². The van der Waals surface area contributed by atoms with E-state index in [4.69, 9.17) is 5.73 Å². The number of hydrogen-bond donors (Lipinski definition) is 2. The second kappa shape index (κ2) is 4.94. The summed E-state index contributed by atoms with van der Waals surface area (Å²) in [6, 6.07) is 6.60. The van der Waals surface area contributed by atoms with Gasteiger partial charge in [0.05, 0.1) is 11.4 Å². The number of nitrogens with two attached hydrogens (primary N) is 1. The lowest BCUT2D eigenvalue weighted by atomic mass is 9.95. The van der Waals surface area contributed by atoms with Crippen LogP contribution in [-0.2, 0) is 6.54 Å². The van der Waals surface area contributed by atoms with E-state index in [0.717, 1.165) is 17.0 Å². The first-order valence-electron chi connectivity index (χ1n) is 6.39. The maximum absolute atomic E-state index is 5.69. The summed E-state index contributed by atoms with van der Waals surface area (Å²) in [5.74, 6) is 0.526. The Bertz CT molecular complexity index is 553. The number of nitrogens with one attached hydrogen (secondary N) is 1. The van der Waals surface area contributed by atoms with Crippen molar-refractivity contribution in [2.75, 3.05) is 0 Å². The van der Waals surface area contributed by atoms with Crippen LogP contribution in [-0.4, -0.2) is 10.2 Å². The minimum Gasteiger partial charge on any atom is -0.325 e. The molecule has 0 fully saturated rings. The van der Waals surface area contributed by atoms with Gasteiger partial charge in [0.2, 0.25) is 0 Å². The number of aromatic nitrogens is 2. The summed E-state index contributed by atoms with van der Waals surface area (Å²) in [5.41, 5.74) is 12.7. The van der Waals surface area contributed by atoms with Crippen molar-refractivity contribution in [1.29, 1.82) is 0 Å². The van der Waals surface area contributed by atoms with Crippen molar-refractivity contribution < 1.29 is 0 Å². The van der Waals surface area contributed by atoms with Gasteiger partial charge in [-0.25, -0.2) is 0 Å². The molecule has 3 N–H and O–H groups in total. The number of aryl methyl sites for hydroxylation is 1. The summed E-state index contributed by atoms with van der Waals surface area (Å²) in [6.07, 6.45) is 0. The van der Waals surface area contributed by atoms with Gasteiger partial charge in [0.1, 0.15) is 0 Å². The van der Waals surface area contributed by atoms with E-state index in [2.05, 4.69) is 56.1 Å². The Labute approximate surface area is 108 Å². The molecule has 18 heavy (non-hydrogen) atoms. The molecule has 0 atom stereocenters. The Morgan fingerprint density at radius 1 is 1.28 bits per heavy atom. The largest absolute Gasteiger partial charge is 0.325 e. The third-order valence-corrected chi connectivity index (χ3v) is 3.50. The molecule has 3 nitrogen and oxygen atoms in total. The van der Waals surface area contributed by atoms with Crippen LogP contribution < -0.4 is 5.73 Å². The van der Waals surface area contributed by atoms with Crippen molar-refractivity contribution in [2.24, 2.45) is 5.73 Å². The highest BCUT2D eigenvalue weighted by atomic mass is 15.1. The minimum absolute atomic E-state index is 0.502. The monoisotopic (exact) mass is 243 g/mol. The maximum Gasteiger partial charge on any atom is 0.0955 e. The van der Waals surface area contributed by atoms with Crippen LogP contribution in [0.5, 0.6) is 0 Å². The summed E-state index contributed by atoms with van der Waals surface area (Å²) in [4.78, 5) is 0. The average molecular weight is 243 g/mol. The minimum atomic E-state index is 0.502.